The molecular formula is C84H140N6O60. The summed E-state index contributed by atoms with van der Waals surface area (Å²) < 4.78 is 139. The first-order chi connectivity index (χ1) is 70.9. The standard InChI is InChI=1S/C84H140N6O60/c1-19-43(105)56(118)60(122)79(131-19)129-18-36-69(52(114)37(73(127)132-36)85-20(2)99)144-78-42(90-25(7)104)55(117)67(32(14-97)139-78)147-82-64(126)70(148-84-72(150-76-39(87-22(4)101)51(113)45(107)27(9-92)134-76)63(125)68(33(15-98)140-84)143-77-41(89-24(6)103)54(116)66(31(13-96)138-77)146-81-62(124)58(120)47(109)29(11-94)136-81)49(111)35(141-82)17-130-83-71(149-75-38(86-21(3)100)50(112)44(106)26(8-91)133-75)59(121)48(110)34(142-83)16-128-74-40(88-23(5)102)53(115)65(30(12-95)137-74)145-80-61(123)57(119)46(108)28(10-93)135-80/h19,26-84,91-98,105-127H,8-18H2,1-7H3,(H,85,99)(H,86,100)(H,87,101)(H,88,102)(H,89,103)(H,90,104)/t19-,26+,27+,28+,29+,30+,31+,32+,33+,34+,35+,36+,37+,38+,39+,40+,41+,42+,43+,44+,45+,46-,47-,48+,49+,50+,51+,52+,53+,54+,55+,56+,57-,58-,59-,60-,61+,62+,63-,64-,65+,66+,67+,68+,69+,70-,71-,72-,73+,74+,75-,76-,77-,78-,79+,80-,81-,82-,83-,84+/m0/s1. The molecule has 12 heterocycles. The van der Waals surface area contributed by atoms with E-state index < -0.39 is 476 Å². The Morgan fingerprint density at radius 2 is 0.427 bits per heavy atom. The van der Waals surface area contributed by atoms with Crippen molar-refractivity contribution in [2.45, 2.75) is 417 Å². The highest BCUT2D eigenvalue weighted by Gasteiger charge is 2.64. The van der Waals surface area contributed by atoms with E-state index in [1.807, 2.05) is 0 Å². The van der Waals surface area contributed by atoms with Crippen molar-refractivity contribution >= 4 is 35.4 Å². The average molecular weight is 2190 g/mol. The second-order valence-electron chi connectivity index (χ2n) is 38.1. The molecule has 66 nitrogen and oxygen atoms in total. The van der Waals surface area contributed by atoms with Crippen molar-refractivity contribution in [1.82, 2.24) is 31.9 Å². The molecule has 66 heteroatoms. The molecule has 0 radical (unpaired) electrons. The molecule has 0 unspecified atom stereocenters. The molecule has 0 aliphatic carbocycles. The van der Waals surface area contributed by atoms with Crippen LogP contribution >= 0.6 is 0 Å². The van der Waals surface area contributed by atoms with Gasteiger partial charge in [0.2, 0.25) is 35.4 Å². The molecule has 0 saturated carbocycles. The van der Waals surface area contributed by atoms with Crippen molar-refractivity contribution in [2.75, 3.05) is 72.7 Å². The lowest BCUT2D eigenvalue weighted by Crippen LogP contribution is -2.71. The first-order valence-corrected chi connectivity index (χ1v) is 48.0. The van der Waals surface area contributed by atoms with Crippen molar-refractivity contribution in [3.8, 4) is 0 Å². The summed E-state index contributed by atoms with van der Waals surface area (Å²) >= 11 is 0. The van der Waals surface area contributed by atoms with Crippen molar-refractivity contribution in [3.05, 3.63) is 0 Å². The van der Waals surface area contributed by atoms with Gasteiger partial charge < -0.3 is 299 Å². The van der Waals surface area contributed by atoms with E-state index in [-0.39, 0.29) is 0 Å². The highest BCUT2D eigenvalue weighted by molar-refractivity contribution is 5.75. The monoisotopic (exact) mass is 2190 g/mol. The molecule has 12 aliphatic heterocycles. The third-order valence-corrected chi connectivity index (χ3v) is 27.4. The number of carbonyl (C=O) groups excluding carboxylic acids is 6. The summed E-state index contributed by atoms with van der Waals surface area (Å²) in [5.41, 5.74) is 0. The van der Waals surface area contributed by atoms with E-state index in [2.05, 4.69) is 31.9 Å². The van der Waals surface area contributed by atoms with Crippen molar-refractivity contribution in [2.24, 2.45) is 0 Å². The lowest BCUT2D eigenvalue weighted by Gasteiger charge is -2.52. The molecule has 0 aromatic rings. The molecule has 0 spiro atoms. The molecule has 0 bridgehead atoms. The van der Waals surface area contributed by atoms with Gasteiger partial charge in [0.15, 0.2) is 75.5 Å². The zero-order valence-corrected chi connectivity index (χ0v) is 81.1. The van der Waals surface area contributed by atoms with Gasteiger partial charge in [-0.05, 0) is 6.92 Å². The minimum Gasteiger partial charge on any atom is -0.394 e. The Bertz CT molecular complexity index is 4250. The summed E-state index contributed by atoms with van der Waals surface area (Å²) in [5.74, 6) is -5.88. The summed E-state index contributed by atoms with van der Waals surface area (Å²) in [6, 6.07) is -11.8. The minimum absolute atomic E-state index is 0.878. The van der Waals surface area contributed by atoms with Gasteiger partial charge in [0.05, 0.1) is 78.8 Å². The van der Waals surface area contributed by atoms with Gasteiger partial charge in [0.25, 0.3) is 0 Å². The van der Waals surface area contributed by atoms with E-state index in [9.17, 15) is 187 Å². The molecule has 866 valence electrons. The number of hydrogen-bond donors (Lipinski definition) is 37. The Labute approximate surface area is 849 Å². The van der Waals surface area contributed by atoms with Crippen LogP contribution in [0.15, 0.2) is 0 Å². The van der Waals surface area contributed by atoms with Crippen LogP contribution in [0.25, 0.3) is 0 Å². The van der Waals surface area contributed by atoms with Gasteiger partial charge in [-0.15, -0.1) is 0 Å². The Balaban J connectivity index is 0.931. The summed E-state index contributed by atoms with van der Waals surface area (Å²) in [4.78, 5) is 78.4. The zero-order chi connectivity index (χ0) is 110. The second kappa shape index (κ2) is 54.0. The fourth-order valence-corrected chi connectivity index (χ4v) is 19.5. The first-order valence-electron chi connectivity index (χ1n) is 48.0. The third-order valence-electron chi connectivity index (χ3n) is 27.4. The van der Waals surface area contributed by atoms with Crippen LogP contribution in [0.4, 0.5) is 0 Å². The number of ether oxygens (including phenoxy) is 23. The number of nitrogens with one attached hydrogen (secondary N) is 6. The van der Waals surface area contributed by atoms with Crippen LogP contribution in [0.1, 0.15) is 48.5 Å². The zero-order valence-electron chi connectivity index (χ0n) is 81.1. The molecule has 0 aromatic heterocycles. The first kappa shape index (κ1) is 123. The van der Waals surface area contributed by atoms with E-state index in [0.717, 1.165) is 41.5 Å². The van der Waals surface area contributed by atoms with Crippen molar-refractivity contribution in [3.63, 3.8) is 0 Å². The van der Waals surface area contributed by atoms with E-state index in [0.29, 0.717) is 0 Å². The lowest BCUT2D eigenvalue weighted by atomic mass is 9.93. The largest absolute Gasteiger partial charge is 0.394 e. The van der Waals surface area contributed by atoms with Crippen LogP contribution in [0, 0.1) is 0 Å². The fraction of sp³-hybridized carbons (Fsp3) is 0.929. The van der Waals surface area contributed by atoms with Gasteiger partial charge in [-0.25, -0.2) is 0 Å². The molecule has 12 fully saturated rings. The average Bonchev–Trinajstić information content (AvgIpc) is 0.745. The Morgan fingerprint density at radius 1 is 0.187 bits per heavy atom. The molecule has 6 amide bonds. The smallest absolute Gasteiger partial charge is 0.217 e. The van der Waals surface area contributed by atoms with Crippen LogP contribution in [0.3, 0.4) is 0 Å². The molecule has 37 N–H and O–H groups in total. The molecule has 12 saturated heterocycles. The number of amides is 6. The molecule has 12 rings (SSSR count). The number of carbonyl (C=O) groups is 6. The molecule has 150 heavy (non-hydrogen) atoms. The minimum atomic E-state index is -2.80. The van der Waals surface area contributed by atoms with Gasteiger partial charge in [0, 0.05) is 41.5 Å². The number of aliphatic hydroxyl groups is 31. The van der Waals surface area contributed by atoms with Crippen LogP contribution in [0.5, 0.6) is 0 Å². The van der Waals surface area contributed by atoms with Gasteiger partial charge in [0.1, 0.15) is 287 Å². The predicted octanol–water partition coefficient (Wildman–Crippen LogP) is -25.3. The van der Waals surface area contributed by atoms with E-state index >= 15 is 0 Å². The maximum Gasteiger partial charge on any atom is 0.217 e. The topological polar surface area (TPSA) is 1010 Å². The van der Waals surface area contributed by atoms with Gasteiger partial charge >= 0.3 is 0 Å². The SMILES string of the molecule is CC(=O)N[C@@H]1[C@@H](O)[C@H](O[C@@H]2O[C@H](CO)[C@@H](O[C@@H]3O[C@H](CO[C@H]4O[C@H](CO[C@@H]5O[C@H](CO)[C@@H](O[C@@H]6O[C@H](CO)[C@H](O)[C@H](O)[C@H]6O)[C@H](O)[C@H]5NC(C)=O)[C@@H](O)[C@H](O)[C@@H]4O[C@@H]4O[C@H](CO)[C@@H](O)[C@H](O)[C@H]4NC(C)=O)[C@@H](O)[C@H](O[C@H]4O[C@H](CO)[C@@H](O[C@@H]5O[C@H](CO)[C@@H](O[C@@H]6O[C@H](CO)[C@H](O)[C@H](O)[C@H]6O)[C@H](O)[C@H]5NC(C)=O)[C@H](O)[C@@H]4O[C@@H]4O[C@H](CO)[C@@H](O)[C@H](O)[C@H]4NC(C)=O)[C@@H]3O)[C@H](O)[C@H]2NC(C)=O)[C@@H](CO[C@@H]2O[C@@H](C)[C@@H](O)[C@@H](O)[C@@H]2O)O[C@H]1O. The molecule has 60 atom stereocenters. The quantitative estimate of drug-likeness (QED) is 0.0272. The van der Waals surface area contributed by atoms with Crippen molar-refractivity contribution < 1.29 is 296 Å². The maximum atomic E-state index is 13.5. The summed E-state index contributed by atoms with van der Waals surface area (Å²) in [7, 11) is 0. The van der Waals surface area contributed by atoms with Gasteiger partial charge in [-0.3, -0.25) is 28.8 Å². The van der Waals surface area contributed by atoms with Crippen LogP contribution in [-0.4, -0.2) is 635 Å². The molecule has 0 aromatic carbocycles. The number of hydrogen-bond acceptors (Lipinski definition) is 60. The van der Waals surface area contributed by atoms with E-state index in [1.165, 1.54) is 6.92 Å². The van der Waals surface area contributed by atoms with E-state index in [4.69, 9.17) is 109 Å². The summed E-state index contributed by atoms with van der Waals surface area (Å²) in [6.45, 7) is -6.11. The van der Waals surface area contributed by atoms with Crippen LogP contribution in [0.2, 0.25) is 0 Å². The molecular weight excluding hydrogens is 2050 g/mol. The maximum absolute atomic E-state index is 13.5. The number of aliphatic hydroxyl groups excluding tert-OH is 31. The Hall–Kier alpha value is -5.34. The Morgan fingerprint density at radius 3 is 0.820 bits per heavy atom. The predicted molar refractivity (Wildman–Crippen MR) is 463 cm³/mol. The van der Waals surface area contributed by atoms with Crippen molar-refractivity contribution in [1.29, 1.82) is 0 Å². The fourth-order valence-electron chi connectivity index (χ4n) is 19.5. The third kappa shape index (κ3) is 27.7. The highest BCUT2D eigenvalue weighted by atomic mass is 16.8. The highest BCUT2D eigenvalue weighted by Crippen LogP contribution is 2.43. The van der Waals surface area contributed by atoms with E-state index in [1.54, 1.807) is 0 Å². The Kier molecular flexibility index (Phi) is 44.4. The lowest BCUT2D eigenvalue weighted by molar-refractivity contribution is -0.404. The van der Waals surface area contributed by atoms with Gasteiger partial charge in [-0.2, -0.15) is 0 Å². The second-order valence-corrected chi connectivity index (χ2v) is 38.1. The van der Waals surface area contributed by atoms with Gasteiger partial charge in [-0.1, -0.05) is 0 Å². The molecule has 12 aliphatic rings. The van der Waals surface area contributed by atoms with Crippen LogP contribution in [-0.2, 0) is 138 Å². The number of rotatable bonds is 39. The normalized spacial score (nSPS) is 48.8. The summed E-state index contributed by atoms with van der Waals surface area (Å²) in [6.07, 6.45) is -117. The van der Waals surface area contributed by atoms with Crippen LogP contribution < -0.4 is 31.9 Å². The summed E-state index contributed by atoms with van der Waals surface area (Å²) in [5, 5.41) is 367.